The Balaban J connectivity index is 2.41. The summed E-state index contributed by atoms with van der Waals surface area (Å²) in [6.45, 7) is 5.04. The summed E-state index contributed by atoms with van der Waals surface area (Å²) in [7, 11) is 0. The molecule has 1 aliphatic heterocycles. The summed E-state index contributed by atoms with van der Waals surface area (Å²) in [5.74, 6) is 0. The van der Waals surface area contributed by atoms with Crippen LogP contribution >= 0.6 is 0 Å². The van der Waals surface area contributed by atoms with Gasteiger partial charge in [0.25, 0.3) is 0 Å². The van der Waals surface area contributed by atoms with Crippen molar-refractivity contribution < 1.29 is 4.79 Å². The lowest BCUT2D eigenvalue weighted by Crippen LogP contribution is -2.20. The molecule has 1 aliphatic rings. The maximum atomic E-state index is 11.2. The Hall–Kier alpha value is -1.57. The van der Waals surface area contributed by atoms with E-state index in [9.17, 15) is 4.79 Å². The number of aryl methyl sites for hydroxylation is 2. The van der Waals surface area contributed by atoms with Crippen LogP contribution in [0.25, 0.3) is 5.70 Å². The van der Waals surface area contributed by atoms with Crippen molar-refractivity contribution in [3.05, 3.63) is 41.0 Å². The minimum Gasteiger partial charge on any atom is -0.315 e. The number of allylic oxidation sites excluding steroid dienone is 1. The van der Waals surface area contributed by atoms with E-state index in [2.05, 4.69) is 38.1 Å². The molecule has 2 rings (SSSR count). The molecule has 1 aromatic carbocycles. The highest BCUT2D eigenvalue weighted by Crippen LogP contribution is 2.26. The van der Waals surface area contributed by atoms with Crippen LogP contribution in [0.4, 0.5) is 0 Å². The molecule has 0 atom stereocenters. The van der Waals surface area contributed by atoms with Gasteiger partial charge in [-0.15, -0.1) is 0 Å². The molecule has 1 heterocycles. The topological polar surface area (TPSA) is 20.3 Å². The lowest BCUT2D eigenvalue weighted by molar-refractivity contribution is -0.115. The summed E-state index contributed by atoms with van der Waals surface area (Å²) in [6.07, 6.45) is 6.46. The number of hydrogen-bond donors (Lipinski definition) is 0. The van der Waals surface area contributed by atoms with Crippen LogP contribution in [0.3, 0.4) is 0 Å². The van der Waals surface area contributed by atoms with Crippen molar-refractivity contribution in [2.24, 2.45) is 0 Å². The molecule has 0 N–H and O–H groups in total. The van der Waals surface area contributed by atoms with Gasteiger partial charge in [0, 0.05) is 17.8 Å². The largest absolute Gasteiger partial charge is 0.315 e. The first-order chi connectivity index (χ1) is 8.22. The molecule has 0 aromatic heterocycles. The van der Waals surface area contributed by atoms with Crippen molar-refractivity contribution in [2.45, 2.75) is 33.1 Å². The van der Waals surface area contributed by atoms with E-state index in [4.69, 9.17) is 0 Å². The van der Waals surface area contributed by atoms with Gasteiger partial charge in [0.05, 0.1) is 0 Å². The van der Waals surface area contributed by atoms with Gasteiger partial charge >= 0.3 is 0 Å². The molecule has 0 saturated carbocycles. The first-order valence-electron chi connectivity index (χ1n) is 6.22. The minimum absolute atomic E-state index is 0.836. The van der Waals surface area contributed by atoms with E-state index >= 15 is 0 Å². The molecule has 0 radical (unpaired) electrons. The summed E-state index contributed by atoms with van der Waals surface area (Å²) in [4.78, 5) is 13.0. The van der Waals surface area contributed by atoms with Crippen LogP contribution in [0, 0.1) is 13.8 Å². The number of amides is 1. The third-order valence-corrected chi connectivity index (χ3v) is 3.29. The highest BCUT2D eigenvalue weighted by Gasteiger charge is 2.14. The highest BCUT2D eigenvalue weighted by molar-refractivity contribution is 5.76. The molecule has 0 fully saturated rings. The number of carbonyl (C=O) groups excluding carboxylic acids is 1. The SMILES string of the molecule is Cc1ccc(C2=CCCCCN2C=O)c(C)c1. The normalized spacial score (nSPS) is 16.4. The lowest BCUT2D eigenvalue weighted by atomic mass is 10.0. The fourth-order valence-electron chi connectivity index (χ4n) is 2.38. The molecule has 2 nitrogen and oxygen atoms in total. The van der Waals surface area contributed by atoms with Gasteiger partial charge in [-0.1, -0.05) is 29.8 Å². The average molecular weight is 229 g/mol. The van der Waals surface area contributed by atoms with Gasteiger partial charge in [-0.25, -0.2) is 0 Å². The monoisotopic (exact) mass is 229 g/mol. The molecule has 0 unspecified atom stereocenters. The Bertz CT molecular complexity index is 448. The van der Waals surface area contributed by atoms with Crippen molar-refractivity contribution in [2.75, 3.05) is 6.54 Å². The van der Waals surface area contributed by atoms with Gasteiger partial charge in [0.15, 0.2) is 0 Å². The maximum absolute atomic E-state index is 11.2. The van der Waals surface area contributed by atoms with Crippen LogP contribution in [0.5, 0.6) is 0 Å². The molecule has 1 aromatic rings. The van der Waals surface area contributed by atoms with Gasteiger partial charge in [0.1, 0.15) is 0 Å². The molecular weight excluding hydrogens is 210 g/mol. The van der Waals surface area contributed by atoms with Gasteiger partial charge in [-0.2, -0.15) is 0 Å². The van der Waals surface area contributed by atoms with E-state index in [-0.39, 0.29) is 0 Å². The summed E-state index contributed by atoms with van der Waals surface area (Å²) in [6, 6.07) is 6.40. The van der Waals surface area contributed by atoms with Gasteiger partial charge in [-0.3, -0.25) is 4.79 Å². The number of carbonyl (C=O) groups is 1. The summed E-state index contributed by atoms with van der Waals surface area (Å²) in [5.41, 5.74) is 4.77. The molecular formula is C15H19NO. The molecule has 0 spiro atoms. The standard InChI is InChI=1S/C15H19NO/c1-12-7-8-14(13(2)10-12)15-6-4-3-5-9-16(15)11-17/h6-8,10-11H,3-5,9H2,1-2H3. The van der Waals surface area contributed by atoms with E-state index in [1.54, 1.807) is 0 Å². The predicted octanol–water partition coefficient (Wildman–Crippen LogP) is 3.29. The first kappa shape index (κ1) is 11.9. The van der Waals surface area contributed by atoms with E-state index < -0.39 is 0 Å². The van der Waals surface area contributed by atoms with Crippen LogP contribution in [-0.4, -0.2) is 17.9 Å². The van der Waals surface area contributed by atoms with Crippen molar-refractivity contribution in [1.82, 2.24) is 4.90 Å². The average Bonchev–Trinajstić information content (AvgIpc) is 2.54. The minimum atomic E-state index is 0.836. The highest BCUT2D eigenvalue weighted by atomic mass is 16.1. The van der Waals surface area contributed by atoms with Crippen molar-refractivity contribution in [1.29, 1.82) is 0 Å². The van der Waals surface area contributed by atoms with Crippen LogP contribution < -0.4 is 0 Å². The van der Waals surface area contributed by atoms with Gasteiger partial charge in [0.2, 0.25) is 6.41 Å². The van der Waals surface area contributed by atoms with Gasteiger partial charge < -0.3 is 4.90 Å². The Morgan fingerprint density at radius 2 is 2.06 bits per heavy atom. The number of hydrogen-bond acceptors (Lipinski definition) is 1. The summed E-state index contributed by atoms with van der Waals surface area (Å²) < 4.78 is 0. The zero-order valence-corrected chi connectivity index (χ0v) is 10.6. The second-order valence-corrected chi connectivity index (χ2v) is 4.70. The Kier molecular flexibility index (Phi) is 3.62. The number of nitrogens with zero attached hydrogens (tertiary/aromatic N) is 1. The van der Waals surface area contributed by atoms with Crippen molar-refractivity contribution in [3.63, 3.8) is 0 Å². The fourth-order valence-corrected chi connectivity index (χ4v) is 2.38. The van der Waals surface area contributed by atoms with E-state index in [1.165, 1.54) is 23.1 Å². The Morgan fingerprint density at radius 3 is 2.76 bits per heavy atom. The smallest absolute Gasteiger partial charge is 0.214 e. The molecule has 90 valence electrons. The second-order valence-electron chi connectivity index (χ2n) is 4.70. The number of rotatable bonds is 2. The van der Waals surface area contributed by atoms with E-state index in [0.717, 1.165) is 31.5 Å². The Labute approximate surface area is 103 Å². The molecule has 0 bridgehead atoms. The molecule has 1 amide bonds. The molecule has 0 saturated heterocycles. The fraction of sp³-hybridized carbons (Fsp3) is 0.400. The maximum Gasteiger partial charge on any atom is 0.214 e. The first-order valence-corrected chi connectivity index (χ1v) is 6.22. The third kappa shape index (κ3) is 2.57. The molecule has 2 heteroatoms. The number of benzene rings is 1. The zero-order valence-electron chi connectivity index (χ0n) is 10.6. The van der Waals surface area contributed by atoms with E-state index in [0.29, 0.717) is 0 Å². The lowest BCUT2D eigenvalue weighted by Gasteiger charge is -2.21. The van der Waals surface area contributed by atoms with Crippen LogP contribution in [-0.2, 0) is 4.79 Å². The van der Waals surface area contributed by atoms with Gasteiger partial charge in [-0.05, 0) is 38.7 Å². The van der Waals surface area contributed by atoms with Crippen LogP contribution in [0.2, 0.25) is 0 Å². The van der Waals surface area contributed by atoms with E-state index in [1.807, 2.05) is 4.90 Å². The van der Waals surface area contributed by atoms with Crippen LogP contribution in [0.15, 0.2) is 24.3 Å². The Morgan fingerprint density at radius 1 is 1.24 bits per heavy atom. The summed E-state index contributed by atoms with van der Waals surface area (Å²) in [5, 5.41) is 0. The van der Waals surface area contributed by atoms with Crippen LogP contribution in [0.1, 0.15) is 36.0 Å². The van der Waals surface area contributed by atoms with Crippen molar-refractivity contribution >= 4 is 12.1 Å². The van der Waals surface area contributed by atoms with Crippen molar-refractivity contribution in [3.8, 4) is 0 Å². The quantitative estimate of drug-likeness (QED) is 0.713. The summed E-state index contributed by atoms with van der Waals surface area (Å²) >= 11 is 0. The predicted molar refractivity (Wildman–Crippen MR) is 70.5 cm³/mol. The second kappa shape index (κ2) is 5.17. The zero-order chi connectivity index (χ0) is 12.3. The third-order valence-electron chi connectivity index (χ3n) is 3.29. The molecule has 17 heavy (non-hydrogen) atoms. The molecule has 0 aliphatic carbocycles.